The van der Waals surface area contributed by atoms with Crippen LogP contribution in [0.2, 0.25) is 5.02 Å². The second-order valence-electron chi connectivity index (χ2n) is 4.75. The lowest BCUT2D eigenvalue weighted by Crippen LogP contribution is -1.98. The zero-order valence-electron chi connectivity index (χ0n) is 10.5. The normalized spacial score (nSPS) is 18.3. The van der Waals surface area contributed by atoms with Gasteiger partial charge in [-0.3, -0.25) is 0 Å². The van der Waals surface area contributed by atoms with Gasteiger partial charge in [-0.1, -0.05) is 41.9 Å². The van der Waals surface area contributed by atoms with E-state index in [1.54, 1.807) is 0 Å². The van der Waals surface area contributed by atoms with E-state index in [2.05, 4.69) is 0 Å². The molecule has 3 rings (SSSR count). The van der Waals surface area contributed by atoms with Gasteiger partial charge in [0, 0.05) is 5.56 Å². The van der Waals surface area contributed by atoms with Gasteiger partial charge in [-0.15, -0.1) is 0 Å². The summed E-state index contributed by atoms with van der Waals surface area (Å²) in [6.45, 7) is 0.606. The molecule has 0 saturated heterocycles. The molecule has 0 saturated carbocycles. The lowest BCUT2D eigenvalue weighted by molar-refractivity contribution is 0.167. The van der Waals surface area contributed by atoms with Crippen LogP contribution in [-0.2, 0) is 0 Å². The van der Waals surface area contributed by atoms with Crippen molar-refractivity contribution in [2.75, 3.05) is 6.61 Å². The molecule has 0 spiro atoms. The molecular weight excluding hydrogens is 260 g/mol. The maximum Gasteiger partial charge on any atom is 0.143 e. The molecule has 0 bridgehead atoms. The van der Waals surface area contributed by atoms with Gasteiger partial charge in [-0.2, -0.15) is 0 Å². The Morgan fingerprint density at radius 1 is 1.11 bits per heavy atom. The van der Waals surface area contributed by atoms with Crippen molar-refractivity contribution in [3.05, 3.63) is 53.1 Å². The maximum atomic E-state index is 10.2. The Balaban J connectivity index is 2.12. The van der Waals surface area contributed by atoms with E-state index in [1.165, 1.54) is 0 Å². The SMILES string of the molecule is O[C@H]1CCCOc2c(Cl)cc(-c3ccccc3)cc21. The highest BCUT2D eigenvalue weighted by atomic mass is 35.5. The Labute approximate surface area is 117 Å². The van der Waals surface area contributed by atoms with Crippen LogP contribution in [-0.4, -0.2) is 11.7 Å². The van der Waals surface area contributed by atoms with Gasteiger partial charge in [-0.25, -0.2) is 0 Å². The molecular formula is C16H15ClO2. The van der Waals surface area contributed by atoms with Crippen molar-refractivity contribution in [3.8, 4) is 16.9 Å². The first-order valence-electron chi connectivity index (χ1n) is 6.45. The zero-order valence-corrected chi connectivity index (χ0v) is 11.2. The van der Waals surface area contributed by atoms with E-state index in [4.69, 9.17) is 16.3 Å². The first-order valence-corrected chi connectivity index (χ1v) is 6.83. The van der Waals surface area contributed by atoms with Crippen LogP contribution < -0.4 is 4.74 Å². The number of hydrogen-bond donors (Lipinski definition) is 1. The van der Waals surface area contributed by atoms with Crippen molar-refractivity contribution in [2.24, 2.45) is 0 Å². The number of aliphatic hydroxyl groups is 1. The lowest BCUT2D eigenvalue weighted by Gasteiger charge is -2.15. The van der Waals surface area contributed by atoms with Gasteiger partial charge in [-0.05, 0) is 36.1 Å². The fourth-order valence-electron chi connectivity index (χ4n) is 2.42. The average Bonchev–Trinajstić information content (AvgIpc) is 2.63. The molecule has 1 aliphatic heterocycles. The van der Waals surface area contributed by atoms with Crippen LogP contribution in [0.1, 0.15) is 24.5 Å². The summed E-state index contributed by atoms with van der Waals surface area (Å²) >= 11 is 6.30. The van der Waals surface area contributed by atoms with Crippen molar-refractivity contribution < 1.29 is 9.84 Å². The Kier molecular flexibility index (Phi) is 3.45. The minimum atomic E-state index is -0.501. The molecule has 1 heterocycles. The van der Waals surface area contributed by atoms with Crippen molar-refractivity contribution >= 4 is 11.6 Å². The van der Waals surface area contributed by atoms with Gasteiger partial charge in [0.05, 0.1) is 17.7 Å². The van der Waals surface area contributed by atoms with Crippen molar-refractivity contribution in [2.45, 2.75) is 18.9 Å². The van der Waals surface area contributed by atoms with E-state index >= 15 is 0 Å². The third-order valence-electron chi connectivity index (χ3n) is 3.41. The predicted octanol–water partition coefficient (Wildman–Crippen LogP) is 4.21. The summed E-state index contributed by atoms with van der Waals surface area (Å²) in [5, 5.41) is 10.8. The van der Waals surface area contributed by atoms with Crippen molar-refractivity contribution in [3.63, 3.8) is 0 Å². The Bertz CT molecular complexity index is 581. The van der Waals surface area contributed by atoms with Gasteiger partial charge in [0.2, 0.25) is 0 Å². The third kappa shape index (κ3) is 2.46. The van der Waals surface area contributed by atoms with Crippen LogP contribution in [0.5, 0.6) is 5.75 Å². The summed E-state index contributed by atoms with van der Waals surface area (Å²) in [5.74, 6) is 0.631. The van der Waals surface area contributed by atoms with E-state index in [1.807, 2.05) is 42.5 Å². The molecule has 98 valence electrons. The number of aliphatic hydroxyl groups excluding tert-OH is 1. The molecule has 1 atom stereocenters. The molecule has 0 unspecified atom stereocenters. The molecule has 1 N–H and O–H groups in total. The molecule has 0 aromatic heterocycles. The van der Waals surface area contributed by atoms with Gasteiger partial charge < -0.3 is 9.84 Å². The molecule has 0 aliphatic carbocycles. The monoisotopic (exact) mass is 274 g/mol. The predicted molar refractivity (Wildman–Crippen MR) is 76.6 cm³/mol. The van der Waals surface area contributed by atoms with E-state index in [0.29, 0.717) is 23.8 Å². The topological polar surface area (TPSA) is 29.5 Å². The third-order valence-corrected chi connectivity index (χ3v) is 3.69. The number of rotatable bonds is 1. The molecule has 2 nitrogen and oxygen atoms in total. The quantitative estimate of drug-likeness (QED) is 0.844. The van der Waals surface area contributed by atoms with Gasteiger partial charge >= 0.3 is 0 Å². The zero-order chi connectivity index (χ0) is 13.2. The smallest absolute Gasteiger partial charge is 0.143 e. The van der Waals surface area contributed by atoms with Crippen LogP contribution >= 0.6 is 11.6 Å². The van der Waals surface area contributed by atoms with Gasteiger partial charge in [0.1, 0.15) is 5.75 Å². The van der Waals surface area contributed by atoms with Crippen LogP contribution in [0, 0.1) is 0 Å². The van der Waals surface area contributed by atoms with Crippen LogP contribution in [0.25, 0.3) is 11.1 Å². The van der Waals surface area contributed by atoms with Gasteiger partial charge in [0.25, 0.3) is 0 Å². The highest BCUT2D eigenvalue weighted by molar-refractivity contribution is 6.32. The number of halogens is 1. The van der Waals surface area contributed by atoms with E-state index < -0.39 is 6.10 Å². The maximum absolute atomic E-state index is 10.2. The first kappa shape index (κ1) is 12.5. The molecule has 3 heteroatoms. The summed E-state index contributed by atoms with van der Waals surface area (Å²) in [7, 11) is 0. The van der Waals surface area contributed by atoms with Crippen LogP contribution in [0.3, 0.4) is 0 Å². The van der Waals surface area contributed by atoms with E-state index in [9.17, 15) is 5.11 Å². The Morgan fingerprint density at radius 3 is 2.68 bits per heavy atom. The van der Waals surface area contributed by atoms with Gasteiger partial charge in [0.15, 0.2) is 0 Å². The number of hydrogen-bond acceptors (Lipinski definition) is 2. The highest BCUT2D eigenvalue weighted by Crippen LogP contribution is 2.40. The lowest BCUT2D eigenvalue weighted by atomic mass is 9.98. The molecule has 0 fully saturated rings. The molecule has 1 aliphatic rings. The second kappa shape index (κ2) is 5.24. The number of fused-ring (bicyclic) bond motifs is 1. The van der Waals surface area contributed by atoms with Crippen molar-refractivity contribution in [1.29, 1.82) is 0 Å². The number of benzene rings is 2. The average molecular weight is 275 g/mol. The Morgan fingerprint density at radius 2 is 1.89 bits per heavy atom. The standard InChI is InChI=1S/C16H15ClO2/c17-14-10-12(11-5-2-1-3-6-11)9-13-15(18)7-4-8-19-16(13)14/h1-3,5-6,9-10,15,18H,4,7-8H2/t15-/m0/s1. The Hall–Kier alpha value is -1.51. The number of ether oxygens (including phenoxy) is 1. The fourth-order valence-corrected chi connectivity index (χ4v) is 2.70. The summed E-state index contributed by atoms with van der Waals surface area (Å²) in [6, 6.07) is 13.9. The summed E-state index contributed by atoms with van der Waals surface area (Å²) < 4.78 is 5.65. The molecule has 2 aromatic rings. The summed E-state index contributed by atoms with van der Waals surface area (Å²) in [5.41, 5.74) is 2.89. The molecule has 0 radical (unpaired) electrons. The highest BCUT2D eigenvalue weighted by Gasteiger charge is 2.21. The molecule has 2 aromatic carbocycles. The van der Waals surface area contributed by atoms with Crippen LogP contribution in [0.15, 0.2) is 42.5 Å². The van der Waals surface area contributed by atoms with Crippen molar-refractivity contribution in [1.82, 2.24) is 0 Å². The minimum Gasteiger partial charge on any atom is -0.492 e. The summed E-state index contributed by atoms with van der Waals surface area (Å²) in [4.78, 5) is 0. The summed E-state index contributed by atoms with van der Waals surface area (Å²) in [6.07, 6.45) is 1.05. The fraction of sp³-hybridized carbons (Fsp3) is 0.250. The largest absolute Gasteiger partial charge is 0.492 e. The first-order chi connectivity index (χ1) is 9.25. The van der Waals surface area contributed by atoms with E-state index in [-0.39, 0.29) is 0 Å². The minimum absolute atomic E-state index is 0.501. The second-order valence-corrected chi connectivity index (χ2v) is 5.16. The molecule has 19 heavy (non-hydrogen) atoms. The molecule has 0 amide bonds. The van der Waals surface area contributed by atoms with E-state index in [0.717, 1.165) is 23.1 Å². The van der Waals surface area contributed by atoms with Crippen LogP contribution in [0.4, 0.5) is 0 Å².